The summed E-state index contributed by atoms with van der Waals surface area (Å²) in [5.74, 6) is 0.493. The van der Waals surface area contributed by atoms with E-state index in [1.807, 2.05) is 6.92 Å². The van der Waals surface area contributed by atoms with Crippen LogP contribution >= 0.6 is 0 Å². The van der Waals surface area contributed by atoms with Gasteiger partial charge in [0, 0.05) is 30.8 Å². The summed E-state index contributed by atoms with van der Waals surface area (Å²) in [5.41, 5.74) is 6.37. The van der Waals surface area contributed by atoms with Gasteiger partial charge >= 0.3 is 6.18 Å². The van der Waals surface area contributed by atoms with Gasteiger partial charge in [-0.2, -0.15) is 13.2 Å². The van der Waals surface area contributed by atoms with Crippen LogP contribution in [0.4, 0.5) is 13.2 Å². The van der Waals surface area contributed by atoms with E-state index in [2.05, 4.69) is 9.97 Å². The molecule has 1 unspecified atom stereocenters. The number of hydrogen-bond acceptors (Lipinski definition) is 3. The van der Waals surface area contributed by atoms with Crippen LogP contribution in [0.2, 0.25) is 0 Å². The molecule has 1 heterocycles. The van der Waals surface area contributed by atoms with Gasteiger partial charge in [0.25, 0.3) is 0 Å². The van der Waals surface area contributed by atoms with Gasteiger partial charge in [-0.05, 0) is 24.6 Å². The third kappa shape index (κ3) is 4.53. The largest absolute Gasteiger partial charge is 0.416 e. The van der Waals surface area contributed by atoms with E-state index in [4.69, 9.17) is 5.73 Å². The Morgan fingerprint density at radius 2 is 2.00 bits per heavy atom. The van der Waals surface area contributed by atoms with E-state index in [1.165, 1.54) is 6.07 Å². The topological polar surface area (TPSA) is 51.8 Å². The van der Waals surface area contributed by atoms with Gasteiger partial charge in [0.2, 0.25) is 0 Å². The van der Waals surface area contributed by atoms with Crippen molar-refractivity contribution in [3.05, 3.63) is 59.2 Å². The van der Waals surface area contributed by atoms with Crippen LogP contribution in [-0.4, -0.2) is 16.0 Å². The number of alkyl halides is 3. The zero-order valence-electron chi connectivity index (χ0n) is 11.6. The molecule has 0 saturated carbocycles. The summed E-state index contributed by atoms with van der Waals surface area (Å²) in [6.07, 6.45) is -1.86. The molecule has 0 aliphatic heterocycles. The lowest BCUT2D eigenvalue weighted by Gasteiger charge is -2.09. The van der Waals surface area contributed by atoms with E-state index in [0.717, 1.165) is 17.8 Å². The summed E-state index contributed by atoms with van der Waals surface area (Å²) in [4.78, 5) is 8.43. The van der Waals surface area contributed by atoms with E-state index in [0.29, 0.717) is 17.8 Å². The van der Waals surface area contributed by atoms with Crippen molar-refractivity contribution >= 4 is 0 Å². The van der Waals surface area contributed by atoms with Gasteiger partial charge in [0.15, 0.2) is 0 Å². The molecule has 112 valence electrons. The Labute approximate surface area is 121 Å². The molecule has 1 aromatic heterocycles. The van der Waals surface area contributed by atoms with E-state index < -0.39 is 11.7 Å². The van der Waals surface area contributed by atoms with Gasteiger partial charge in [-0.15, -0.1) is 0 Å². The molecule has 0 radical (unpaired) electrons. The first kappa shape index (κ1) is 15.4. The summed E-state index contributed by atoms with van der Waals surface area (Å²) >= 11 is 0. The zero-order chi connectivity index (χ0) is 15.5. The SMILES string of the molecule is CC(N)Cc1ccnc(Cc2cccc(C(F)(F)F)c2)n1. The monoisotopic (exact) mass is 295 g/mol. The van der Waals surface area contributed by atoms with Gasteiger partial charge in [-0.3, -0.25) is 0 Å². The van der Waals surface area contributed by atoms with Crippen LogP contribution in [0.25, 0.3) is 0 Å². The summed E-state index contributed by atoms with van der Waals surface area (Å²) in [6, 6.07) is 6.94. The lowest BCUT2D eigenvalue weighted by Crippen LogP contribution is -2.19. The molecule has 0 fully saturated rings. The average Bonchev–Trinajstić information content (AvgIpc) is 2.37. The van der Waals surface area contributed by atoms with Crippen LogP contribution in [-0.2, 0) is 19.0 Å². The molecule has 1 atom stereocenters. The summed E-state index contributed by atoms with van der Waals surface area (Å²) in [5, 5.41) is 0. The zero-order valence-corrected chi connectivity index (χ0v) is 11.6. The van der Waals surface area contributed by atoms with Crippen LogP contribution < -0.4 is 5.73 Å². The van der Waals surface area contributed by atoms with Gasteiger partial charge in [0.1, 0.15) is 5.82 Å². The van der Waals surface area contributed by atoms with Crippen molar-refractivity contribution in [2.75, 3.05) is 0 Å². The first-order valence-electron chi connectivity index (χ1n) is 6.57. The van der Waals surface area contributed by atoms with Gasteiger partial charge < -0.3 is 5.73 Å². The first-order valence-corrected chi connectivity index (χ1v) is 6.57. The normalized spacial score (nSPS) is 13.2. The molecule has 0 amide bonds. The molecule has 2 rings (SSSR count). The quantitative estimate of drug-likeness (QED) is 0.943. The predicted octanol–water partition coefficient (Wildman–Crippen LogP) is 2.98. The smallest absolute Gasteiger partial charge is 0.328 e. The van der Waals surface area contributed by atoms with Crippen molar-refractivity contribution in [3.63, 3.8) is 0 Å². The standard InChI is InChI=1S/C15H16F3N3/c1-10(19)7-13-5-6-20-14(21-13)9-11-3-2-4-12(8-11)15(16,17)18/h2-6,8,10H,7,9,19H2,1H3. The number of nitrogens with two attached hydrogens (primary N) is 1. The second kappa shape index (κ2) is 6.22. The highest BCUT2D eigenvalue weighted by Gasteiger charge is 2.30. The van der Waals surface area contributed by atoms with Gasteiger partial charge in [-0.25, -0.2) is 9.97 Å². The fourth-order valence-corrected chi connectivity index (χ4v) is 2.01. The van der Waals surface area contributed by atoms with Crippen LogP contribution in [0, 0.1) is 0 Å². The molecule has 0 spiro atoms. The highest BCUT2D eigenvalue weighted by molar-refractivity contribution is 5.27. The first-order chi connectivity index (χ1) is 9.84. The molecule has 0 bridgehead atoms. The van der Waals surface area contributed by atoms with Crippen LogP contribution in [0.1, 0.15) is 29.6 Å². The molecule has 2 N–H and O–H groups in total. The second-order valence-electron chi connectivity index (χ2n) is 5.02. The van der Waals surface area contributed by atoms with Crippen molar-refractivity contribution in [1.29, 1.82) is 0 Å². The van der Waals surface area contributed by atoms with E-state index in [-0.39, 0.29) is 12.5 Å². The average molecular weight is 295 g/mol. The number of benzene rings is 1. The van der Waals surface area contributed by atoms with Crippen LogP contribution in [0.3, 0.4) is 0 Å². The Hall–Kier alpha value is -1.95. The van der Waals surface area contributed by atoms with Gasteiger partial charge in [0.05, 0.1) is 5.56 Å². The molecule has 0 saturated heterocycles. The molecular formula is C15H16F3N3. The van der Waals surface area contributed by atoms with E-state index in [9.17, 15) is 13.2 Å². The number of nitrogens with zero attached hydrogens (tertiary/aromatic N) is 2. The number of rotatable bonds is 4. The molecule has 2 aromatic rings. The fourth-order valence-electron chi connectivity index (χ4n) is 2.01. The Morgan fingerprint density at radius 1 is 1.24 bits per heavy atom. The Kier molecular flexibility index (Phi) is 4.57. The van der Waals surface area contributed by atoms with Crippen molar-refractivity contribution in [3.8, 4) is 0 Å². The molecule has 0 aliphatic rings. The highest BCUT2D eigenvalue weighted by atomic mass is 19.4. The third-order valence-electron chi connectivity index (χ3n) is 2.91. The minimum absolute atomic E-state index is 0.0266. The maximum Gasteiger partial charge on any atom is 0.416 e. The lowest BCUT2D eigenvalue weighted by molar-refractivity contribution is -0.137. The Morgan fingerprint density at radius 3 is 2.67 bits per heavy atom. The van der Waals surface area contributed by atoms with E-state index >= 15 is 0 Å². The van der Waals surface area contributed by atoms with Crippen LogP contribution in [0.5, 0.6) is 0 Å². The Balaban J connectivity index is 2.18. The molecular weight excluding hydrogens is 279 g/mol. The number of halogens is 3. The minimum atomic E-state index is -4.34. The molecule has 21 heavy (non-hydrogen) atoms. The van der Waals surface area contributed by atoms with Crippen LogP contribution in [0.15, 0.2) is 36.5 Å². The molecule has 6 heteroatoms. The van der Waals surface area contributed by atoms with Crippen molar-refractivity contribution in [1.82, 2.24) is 9.97 Å². The van der Waals surface area contributed by atoms with E-state index in [1.54, 1.807) is 18.3 Å². The summed E-state index contributed by atoms with van der Waals surface area (Å²) in [6.45, 7) is 1.87. The number of hydrogen-bond donors (Lipinski definition) is 1. The molecule has 1 aromatic carbocycles. The lowest BCUT2D eigenvalue weighted by atomic mass is 10.1. The Bertz CT molecular complexity index is 609. The molecule has 0 aliphatic carbocycles. The van der Waals surface area contributed by atoms with Gasteiger partial charge in [-0.1, -0.05) is 18.2 Å². The highest BCUT2D eigenvalue weighted by Crippen LogP contribution is 2.29. The third-order valence-corrected chi connectivity index (χ3v) is 2.91. The fraction of sp³-hybridized carbons (Fsp3) is 0.333. The summed E-state index contributed by atoms with van der Waals surface area (Å²) < 4.78 is 38.0. The van der Waals surface area contributed by atoms with Crippen molar-refractivity contribution < 1.29 is 13.2 Å². The maximum absolute atomic E-state index is 12.7. The maximum atomic E-state index is 12.7. The number of aromatic nitrogens is 2. The molecule has 3 nitrogen and oxygen atoms in total. The minimum Gasteiger partial charge on any atom is -0.328 e. The summed E-state index contributed by atoms with van der Waals surface area (Å²) in [7, 11) is 0. The van der Waals surface area contributed by atoms with Crippen molar-refractivity contribution in [2.24, 2.45) is 5.73 Å². The predicted molar refractivity (Wildman–Crippen MR) is 73.6 cm³/mol. The second-order valence-corrected chi connectivity index (χ2v) is 5.02. The van der Waals surface area contributed by atoms with Crippen molar-refractivity contribution in [2.45, 2.75) is 32.0 Å².